The van der Waals surface area contributed by atoms with Crippen molar-refractivity contribution >= 4 is 11.7 Å². The molecule has 0 bridgehead atoms. The molecular weight excluding hydrogens is 378 g/mol. The van der Waals surface area contributed by atoms with Crippen molar-refractivity contribution in [2.45, 2.75) is 38.5 Å². The predicted octanol–water partition coefficient (Wildman–Crippen LogP) is 3.89. The first-order chi connectivity index (χ1) is 14.5. The van der Waals surface area contributed by atoms with Crippen LogP contribution in [-0.4, -0.2) is 48.5 Å². The number of ether oxygens (including phenoxy) is 1. The number of aryl methyl sites for hydroxylation is 1. The van der Waals surface area contributed by atoms with Gasteiger partial charge in [0.2, 0.25) is 5.91 Å². The fourth-order valence-corrected chi connectivity index (χ4v) is 4.19. The molecule has 1 aliphatic heterocycles. The highest BCUT2D eigenvalue weighted by Crippen LogP contribution is 2.34. The lowest BCUT2D eigenvalue weighted by atomic mass is 9.76. The average molecular weight is 410 g/mol. The summed E-state index contributed by atoms with van der Waals surface area (Å²) in [5.41, 5.74) is 1.58. The minimum Gasteiger partial charge on any atom is -0.497 e. The maximum atomic E-state index is 12.8. The van der Waals surface area contributed by atoms with Gasteiger partial charge in [-0.3, -0.25) is 9.59 Å². The summed E-state index contributed by atoms with van der Waals surface area (Å²) in [6, 6.07) is 17.2. The zero-order valence-corrected chi connectivity index (χ0v) is 17.7. The van der Waals surface area contributed by atoms with Crippen LogP contribution in [0, 0.1) is 5.41 Å². The lowest BCUT2D eigenvalue weighted by molar-refractivity contribution is -0.135. The second-order valence-electron chi connectivity index (χ2n) is 8.21. The molecule has 1 aliphatic rings. The number of hydrogen-bond acceptors (Lipinski definition) is 4. The molecule has 1 fully saturated rings. The van der Waals surface area contributed by atoms with Gasteiger partial charge in [0, 0.05) is 36.9 Å². The van der Waals surface area contributed by atoms with Crippen molar-refractivity contribution in [3.05, 3.63) is 65.7 Å². The van der Waals surface area contributed by atoms with Crippen LogP contribution in [0.4, 0.5) is 0 Å². The number of ketones is 1. The Hall–Kier alpha value is -2.66. The number of rotatable bonds is 9. The predicted molar refractivity (Wildman–Crippen MR) is 117 cm³/mol. The SMILES string of the molecule is COc1ccc(C(=O)CCC(=O)N2CCC[C@@](CO)(CCc3ccccc3)C2)cc1. The van der Waals surface area contributed by atoms with Crippen LogP contribution in [0.15, 0.2) is 54.6 Å². The molecule has 0 aromatic heterocycles. The Morgan fingerprint density at radius 1 is 1.07 bits per heavy atom. The first-order valence-electron chi connectivity index (χ1n) is 10.6. The molecule has 1 N–H and O–H groups in total. The molecule has 1 atom stereocenters. The molecule has 0 unspecified atom stereocenters. The summed E-state index contributed by atoms with van der Waals surface area (Å²) in [6.07, 6.45) is 3.93. The normalized spacial score (nSPS) is 18.8. The van der Waals surface area contributed by atoms with Crippen molar-refractivity contribution in [2.24, 2.45) is 5.41 Å². The molecule has 0 radical (unpaired) electrons. The molecule has 0 aliphatic carbocycles. The largest absolute Gasteiger partial charge is 0.497 e. The number of carbonyl (C=O) groups excluding carboxylic acids is 2. The van der Waals surface area contributed by atoms with E-state index in [1.165, 1.54) is 5.56 Å². The third-order valence-corrected chi connectivity index (χ3v) is 6.11. The molecule has 5 heteroatoms. The minimum absolute atomic E-state index is 0.00547. The first kappa shape index (κ1) is 22.0. The third kappa shape index (κ3) is 5.70. The lowest BCUT2D eigenvalue weighted by Gasteiger charge is -2.42. The highest BCUT2D eigenvalue weighted by atomic mass is 16.5. The van der Waals surface area contributed by atoms with E-state index in [9.17, 15) is 14.7 Å². The van der Waals surface area contributed by atoms with E-state index in [1.807, 2.05) is 23.1 Å². The monoisotopic (exact) mass is 409 g/mol. The summed E-state index contributed by atoms with van der Waals surface area (Å²) in [6.45, 7) is 1.34. The number of benzene rings is 2. The molecule has 2 aromatic carbocycles. The van der Waals surface area contributed by atoms with E-state index in [0.717, 1.165) is 25.7 Å². The Morgan fingerprint density at radius 3 is 2.47 bits per heavy atom. The van der Waals surface area contributed by atoms with Gasteiger partial charge in [-0.2, -0.15) is 0 Å². The molecule has 2 aromatic rings. The molecule has 160 valence electrons. The van der Waals surface area contributed by atoms with Crippen LogP contribution < -0.4 is 4.74 Å². The van der Waals surface area contributed by atoms with Crippen LogP contribution in [0.1, 0.15) is 48.0 Å². The Labute approximate surface area is 178 Å². The van der Waals surface area contributed by atoms with E-state index in [0.29, 0.717) is 24.4 Å². The number of likely N-dealkylation sites (tertiary alicyclic amines) is 1. The van der Waals surface area contributed by atoms with Gasteiger partial charge < -0.3 is 14.7 Å². The second-order valence-corrected chi connectivity index (χ2v) is 8.21. The first-order valence-corrected chi connectivity index (χ1v) is 10.6. The van der Waals surface area contributed by atoms with Gasteiger partial charge in [0.25, 0.3) is 0 Å². The Morgan fingerprint density at radius 2 is 1.80 bits per heavy atom. The van der Waals surface area contributed by atoms with E-state index >= 15 is 0 Å². The number of nitrogens with zero attached hydrogens (tertiary/aromatic N) is 1. The van der Waals surface area contributed by atoms with Crippen molar-refractivity contribution < 1.29 is 19.4 Å². The van der Waals surface area contributed by atoms with E-state index in [-0.39, 0.29) is 36.6 Å². The maximum Gasteiger partial charge on any atom is 0.223 e. The fraction of sp³-hybridized carbons (Fsp3) is 0.440. The molecule has 0 saturated carbocycles. The number of amides is 1. The van der Waals surface area contributed by atoms with Crippen molar-refractivity contribution in [1.29, 1.82) is 0 Å². The average Bonchev–Trinajstić information content (AvgIpc) is 2.82. The number of hydrogen-bond donors (Lipinski definition) is 1. The Kier molecular flexibility index (Phi) is 7.63. The Balaban J connectivity index is 1.54. The van der Waals surface area contributed by atoms with Gasteiger partial charge in [-0.15, -0.1) is 0 Å². The van der Waals surface area contributed by atoms with Crippen molar-refractivity contribution in [1.82, 2.24) is 4.90 Å². The highest BCUT2D eigenvalue weighted by Gasteiger charge is 2.36. The number of methoxy groups -OCH3 is 1. The number of carbonyl (C=O) groups is 2. The molecule has 1 saturated heterocycles. The highest BCUT2D eigenvalue weighted by molar-refractivity contribution is 5.98. The molecular formula is C25H31NO4. The van der Waals surface area contributed by atoms with Gasteiger partial charge in [-0.05, 0) is 55.5 Å². The molecule has 1 amide bonds. The van der Waals surface area contributed by atoms with E-state index in [2.05, 4.69) is 12.1 Å². The third-order valence-electron chi connectivity index (χ3n) is 6.11. The standard InChI is InChI=1S/C25H31NO4/c1-30-22-10-8-21(9-11-22)23(28)12-13-24(29)26-17-5-15-25(18-26,19-27)16-14-20-6-3-2-4-7-20/h2-4,6-11,27H,5,12-19H2,1H3/t25-/m1/s1. The summed E-state index contributed by atoms with van der Waals surface area (Å²) < 4.78 is 5.11. The summed E-state index contributed by atoms with van der Waals surface area (Å²) in [7, 11) is 1.58. The van der Waals surface area contributed by atoms with Crippen LogP contribution in [0.2, 0.25) is 0 Å². The van der Waals surface area contributed by atoms with Gasteiger partial charge in [0.1, 0.15) is 5.75 Å². The van der Waals surface area contributed by atoms with Gasteiger partial charge in [-0.1, -0.05) is 30.3 Å². The van der Waals surface area contributed by atoms with E-state index in [1.54, 1.807) is 31.4 Å². The van der Waals surface area contributed by atoms with E-state index in [4.69, 9.17) is 4.74 Å². The molecule has 30 heavy (non-hydrogen) atoms. The summed E-state index contributed by atoms with van der Waals surface area (Å²) >= 11 is 0. The molecule has 1 heterocycles. The molecule has 0 spiro atoms. The second kappa shape index (κ2) is 10.4. The van der Waals surface area contributed by atoms with Gasteiger partial charge >= 0.3 is 0 Å². The van der Waals surface area contributed by atoms with Gasteiger partial charge in [-0.25, -0.2) is 0 Å². The number of aliphatic hydroxyl groups excluding tert-OH is 1. The van der Waals surface area contributed by atoms with Crippen LogP contribution in [-0.2, 0) is 11.2 Å². The fourth-order valence-electron chi connectivity index (χ4n) is 4.19. The number of aliphatic hydroxyl groups is 1. The van der Waals surface area contributed by atoms with Gasteiger partial charge in [0.15, 0.2) is 5.78 Å². The summed E-state index contributed by atoms with van der Waals surface area (Å²) in [4.78, 5) is 27.0. The number of Topliss-reactive ketones (excluding diaryl/α,β-unsaturated/α-hetero) is 1. The van der Waals surface area contributed by atoms with E-state index < -0.39 is 0 Å². The zero-order chi connectivity index (χ0) is 21.4. The van der Waals surface area contributed by atoms with Crippen molar-refractivity contribution in [3.63, 3.8) is 0 Å². The van der Waals surface area contributed by atoms with Crippen molar-refractivity contribution in [3.8, 4) is 5.75 Å². The zero-order valence-electron chi connectivity index (χ0n) is 17.7. The smallest absolute Gasteiger partial charge is 0.223 e. The van der Waals surface area contributed by atoms with Gasteiger partial charge in [0.05, 0.1) is 13.7 Å². The molecule has 5 nitrogen and oxygen atoms in total. The van der Waals surface area contributed by atoms with Crippen LogP contribution in [0.3, 0.4) is 0 Å². The van der Waals surface area contributed by atoms with Crippen LogP contribution in [0.25, 0.3) is 0 Å². The minimum atomic E-state index is -0.260. The molecule has 3 rings (SSSR count). The quantitative estimate of drug-likeness (QED) is 0.638. The van der Waals surface area contributed by atoms with Crippen molar-refractivity contribution in [2.75, 3.05) is 26.8 Å². The Bertz CT molecular complexity index is 834. The topological polar surface area (TPSA) is 66.8 Å². The lowest BCUT2D eigenvalue weighted by Crippen LogP contribution is -2.48. The maximum absolute atomic E-state index is 12.8. The summed E-state index contributed by atoms with van der Waals surface area (Å²) in [5.74, 6) is 0.654. The van der Waals surface area contributed by atoms with Crippen LogP contribution >= 0.6 is 0 Å². The van der Waals surface area contributed by atoms with Crippen LogP contribution in [0.5, 0.6) is 5.75 Å². The summed E-state index contributed by atoms with van der Waals surface area (Å²) in [5, 5.41) is 10.1. The number of piperidine rings is 1.